The maximum atomic E-state index is 12.5. The smallest absolute Gasteiger partial charge is 0.267 e. The van der Waals surface area contributed by atoms with Gasteiger partial charge in [0.1, 0.15) is 4.88 Å². The molecular formula is C15H15N5OS3. The summed E-state index contributed by atoms with van der Waals surface area (Å²) >= 11 is 4.52. The highest BCUT2D eigenvalue weighted by Crippen LogP contribution is 2.29. The van der Waals surface area contributed by atoms with Gasteiger partial charge < -0.3 is 9.80 Å². The first-order chi connectivity index (χ1) is 11.7. The summed E-state index contributed by atoms with van der Waals surface area (Å²) in [4.78, 5) is 22.0. The predicted octanol–water partition coefficient (Wildman–Crippen LogP) is 2.99. The second-order valence-corrected chi connectivity index (χ2v) is 7.86. The molecule has 0 aromatic carbocycles. The zero-order valence-electron chi connectivity index (χ0n) is 13.0. The van der Waals surface area contributed by atoms with Gasteiger partial charge in [0, 0.05) is 42.5 Å². The number of piperazine rings is 1. The van der Waals surface area contributed by atoms with Crippen molar-refractivity contribution >= 4 is 45.2 Å². The molecule has 0 bridgehead atoms. The van der Waals surface area contributed by atoms with Crippen molar-refractivity contribution in [1.29, 1.82) is 0 Å². The largest absolute Gasteiger partial charge is 0.345 e. The van der Waals surface area contributed by atoms with Crippen molar-refractivity contribution in [2.24, 2.45) is 0 Å². The van der Waals surface area contributed by atoms with E-state index in [4.69, 9.17) is 4.98 Å². The number of hydrogen-bond donors (Lipinski definition) is 0. The molecule has 3 aromatic heterocycles. The van der Waals surface area contributed by atoms with Crippen LogP contribution in [0.1, 0.15) is 15.4 Å². The van der Waals surface area contributed by atoms with Gasteiger partial charge in [0.25, 0.3) is 5.91 Å². The van der Waals surface area contributed by atoms with Crippen LogP contribution in [-0.2, 0) is 0 Å². The van der Waals surface area contributed by atoms with Crippen LogP contribution in [0.2, 0.25) is 0 Å². The average Bonchev–Trinajstić information content (AvgIpc) is 3.35. The van der Waals surface area contributed by atoms with E-state index in [1.54, 1.807) is 22.7 Å². The minimum atomic E-state index is 0.0419. The lowest BCUT2D eigenvalue weighted by Gasteiger charge is -2.34. The molecule has 1 aliphatic rings. The molecule has 6 nitrogen and oxygen atoms in total. The van der Waals surface area contributed by atoms with Crippen molar-refractivity contribution < 1.29 is 4.79 Å². The van der Waals surface area contributed by atoms with Gasteiger partial charge in [0.05, 0.1) is 11.4 Å². The Labute approximate surface area is 151 Å². The van der Waals surface area contributed by atoms with Gasteiger partial charge in [-0.1, -0.05) is 4.49 Å². The molecule has 9 heteroatoms. The third-order valence-corrected chi connectivity index (χ3v) is 6.39. The summed E-state index contributed by atoms with van der Waals surface area (Å²) in [7, 11) is 0. The number of carbonyl (C=O) groups is 1. The Morgan fingerprint density at radius 2 is 2.04 bits per heavy atom. The summed E-state index contributed by atoms with van der Waals surface area (Å²) in [5.74, 6) is 0.0419. The van der Waals surface area contributed by atoms with Crippen LogP contribution in [0.15, 0.2) is 22.2 Å². The van der Waals surface area contributed by atoms with Crippen molar-refractivity contribution in [2.45, 2.75) is 6.92 Å². The second-order valence-electron chi connectivity index (χ2n) is 5.49. The standard InChI is InChI=1S/C15H15N5OS3/c1-10-13(24-18-17-10)14(21)19-3-5-20(6-4-19)15-16-12(9-23-15)11-2-7-22-8-11/h2,7-9H,3-6H2,1H3. The molecule has 1 aliphatic heterocycles. The molecule has 1 fully saturated rings. The van der Waals surface area contributed by atoms with E-state index in [2.05, 4.69) is 36.7 Å². The fraction of sp³-hybridized carbons (Fsp3) is 0.333. The van der Waals surface area contributed by atoms with E-state index in [1.807, 2.05) is 11.8 Å². The molecule has 1 saturated heterocycles. The summed E-state index contributed by atoms with van der Waals surface area (Å²) in [6.45, 7) is 4.82. The number of nitrogens with zero attached hydrogens (tertiary/aromatic N) is 5. The van der Waals surface area contributed by atoms with Crippen LogP contribution in [0.3, 0.4) is 0 Å². The number of thiazole rings is 1. The number of hydrogen-bond acceptors (Lipinski definition) is 8. The molecule has 0 saturated carbocycles. The highest BCUT2D eigenvalue weighted by Gasteiger charge is 2.26. The molecule has 4 heterocycles. The Hall–Kier alpha value is -1.84. The van der Waals surface area contributed by atoms with E-state index in [1.165, 1.54) is 17.1 Å². The lowest BCUT2D eigenvalue weighted by molar-refractivity contribution is 0.0750. The number of thiophene rings is 1. The number of aromatic nitrogens is 3. The maximum Gasteiger partial charge on any atom is 0.267 e. The van der Waals surface area contributed by atoms with E-state index >= 15 is 0 Å². The first-order valence-electron chi connectivity index (χ1n) is 7.53. The van der Waals surface area contributed by atoms with Gasteiger partial charge in [-0.05, 0) is 29.9 Å². The van der Waals surface area contributed by atoms with Gasteiger partial charge >= 0.3 is 0 Å². The number of aryl methyl sites for hydroxylation is 1. The third kappa shape index (κ3) is 2.94. The van der Waals surface area contributed by atoms with E-state index in [9.17, 15) is 4.79 Å². The Kier molecular flexibility index (Phi) is 4.30. The van der Waals surface area contributed by atoms with E-state index < -0.39 is 0 Å². The molecule has 0 N–H and O–H groups in total. The van der Waals surface area contributed by atoms with Gasteiger partial charge in [-0.3, -0.25) is 4.79 Å². The zero-order valence-corrected chi connectivity index (χ0v) is 15.5. The van der Waals surface area contributed by atoms with E-state index in [0.717, 1.165) is 23.9 Å². The average molecular weight is 378 g/mol. The molecule has 0 aliphatic carbocycles. The SMILES string of the molecule is Cc1nnsc1C(=O)N1CCN(c2nc(-c3ccsc3)cs2)CC1. The molecule has 1 amide bonds. The van der Waals surface area contributed by atoms with Crippen LogP contribution in [-0.4, -0.2) is 51.6 Å². The van der Waals surface area contributed by atoms with Gasteiger partial charge in [0.15, 0.2) is 5.13 Å². The van der Waals surface area contributed by atoms with Crippen LogP contribution in [0.4, 0.5) is 5.13 Å². The van der Waals surface area contributed by atoms with Crippen molar-refractivity contribution in [2.75, 3.05) is 31.1 Å². The fourth-order valence-corrected chi connectivity index (χ4v) is 4.79. The highest BCUT2D eigenvalue weighted by atomic mass is 32.1. The normalized spacial score (nSPS) is 15.0. The van der Waals surface area contributed by atoms with E-state index in [-0.39, 0.29) is 5.91 Å². The molecule has 0 unspecified atom stereocenters. The molecule has 0 atom stereocenters. The van der Waals surface area contributed by atoms with Crippen LogP contribution in [0.5, 0.6) is 0 Å². The lowest BCUT2D eigenvalue weighted by Crippen LogP contribution is -2.48. The Morgan fingerprint density at radius 3 is 2.71 bits per heavy atom. The summed E-state index contributed by atoms with van der Waals surface area (Å²) in [5, 5.41) is 11.2. The van der Waals surface area contributed by atoms with Crippen molar-refractivity contribution in [1.82, 2.24) is 19.5 Å². The topological polar surface area (TPSA) is 62.2 Å². The van der Waals surface area contributed by atoms with Crippen LogP contribution in [0, 0.1) is 6.92 Å². The monoisotopic (exact) mass is 377 g/mol. The summed E-state index contributed by atoms with van der Waals surface area (Å²) in [6.07, 6.45) is 0. The molecule has 4 rings (SSSR count). The maximum absolute atomic E-state index is 12.5. The number of carbonyl (C=O) groups excluding carboxylic acids is 1. The van der Waals surface area contributed by atoms with Gasteiger partial charge in [-0.15, -0.1) is 16.4 Å². The van der Waals surface area contributed by atoms with Crippen LogP contribution < -0.4 is 4.90 Å². The Balaban J connectivity index is 1.41. The molecule has 124 valence electrons. The van der Waals surface area contributed by atoms with Gasteiger partial charge in [-0.25, -0.2) is 4.98 Å². The summed E-state index contributed by atoms with van der Waals surface area (Å²) < 4.78 is 3.85. The van der Waals surface area contributed by atoms with E-state index in [0.29, 0.717) is 23.7 Å². The minimum Gasteiger partial charge on any atom is -0.345 e. The molecule has 0 spiro atoms. The number of anilines is 1. The minimum absolute atomic E-state index is 0.0419. The first-order valence-corrected chi connectivity index (χ1v) is 10.1. The van der Waals surface area contributed by atoms with Crippen molar-refractivity contribution in [3.8, 4) is 11.3 Å². The number of rotatable bonds is 3. The van der Waals surface area contributed by atoms with Crippen LogP contribution in [0.25, 0.3) is 11.3 Å². The first kappa shape index (κ1) is 15.7. The second kappa shape index (κ2) is 6.58. The molecular weight excluding hydrogens is 362 g/mol. The van der Waals surface area contributed by atoms with Crippen molar-refractivity contribution in [3.63, 3.8) is 0 Å². The molecule has 3 aromatic rings. The third-order valence-electron chi connectivity index (χ3n) is 3.99. The predicted molar refractivity (Wildman–Crippen MR) is 98.2 cm³/mol. The van der Waals surface area contributed by atoms with Gasteiger partial charge in [0.2, 0.25) is 0 Å². The quantitative estimate of drug-likeness (QED) is 0.702. The molecule has 24 heavy (non-hydrogen) atoms. The summed E-state index contributed by atoms with van der Waals surface area (Å²) in [6, 6.07) is 2.09. The number of amides is 1. The molecule has 0 radical (unpaired) electrons. The van der Waals surface area contributed by atoms with Crippen LogP contribution >= 0.6 is 34.2 Å². The Morgan fingerprint density at radius 1 is 1.21 bits per heavy atom. The fourth-order valence-electron chi connectivity index (χ4n) is 2.62. The highest BCUT2D eigenvalue weighted by molar-refractivity contribution is 7.14. The lowest BCUT2D eigenvalue weighted by atomic mass is 10.3. The summed E-state index contributed by atoms with van der Waals surface area (Å²) in [5.41, 5.74) is 2.92. The Bertz CT molecular complexity index is 833. The van der Waals surface area contributed by atoms with Crippen molar-refractivity contribution in [3.05, 3.63) is 32.8 Å². The van der Waals surface area contributed by atoms with Gasteiger partial charge in [-0.2, -0.15) is 11.3 Å². The zero-order chi connectivity index (χ0) is 16.5.